The van der Waals surface area contributed by atoms with Crippen molar-refractivity contribution in [2.45, 2.75) is 45.6 Å². The minimum atomic E-state index is -1.03. The van der Waals surface area contributed by atoms with E-state index in [2.05, 4.69) is 24.5 Å². The summed E-state index contributed by atoms with van der Waals surface area (Å²) in [5.41, 5.74) is 0.494. The molecule has 0 spiro atoms. The Bertz CT molecular complexity index is 500. The molecule has 0 atom stereocenters. The molecule has 1 saturated carbocycles. The molecule has 2 amide bonds. The minimum Gasteiger partial charge on any atom is -0.478 e. The van der Waals surface area contributed by atoms with Gasteiger partial charge < -0.3 is 10.4 Å². The van der Waals surface area contributed by atoms with Crippen LogP contribution in [0.25, 0.3) is 0 Å². The van der Waals surface area contributed by atoms with E-state index in [9.17, 15) is 9.59 Å². The molecule has 6 heteroatoms. The predicted molar refractivity (Wildman–Crippen MR) is 79.5 cm³/mol. The largest absolute Gasteiger partial charge is 0.478 e. The molecule has 5 nitrogen and oxygen atoms in total. The maximum Gasteiger partial charge on any atom is 0.338 e. The third-order valence-electron chi connectivity index (χ3n) is 3.80. The van der Waals surface area contributed by atoms with Crippen molar-refractivity contribution in [3.8, 4) is 0 Å². The molecule has 110 valence electrons. The van der Waals surface area contributed by atoms with Crippen molar-refractivity contribution in [1.82, 2.24) is 5.32 Å². The molecule has 3 N–H and O–H groups in total. The van der Waals surface area contributed by atoms with E-state index in [-0.39, 0.29) is 17.6 Å². The van der Waals surface area contributed by atoms with Crippen molar-refractivity contribution in [2.24, 2.45) is 5.41 Å². The van der Waals surface area contributed by atoms with Gasteiger partial charge in [-0.15, -0.1) is 11.3 Å². The Labute approximate surface area is 122 Å². The van der Waals surface area contributed by atoms with Gasteiger partial charge in [-0.05, 0) is 42.5 Å². The smallest absolute Gasteiger partial charge is 0.338 e. The molecule has 1 aliphatic carbocycles. The van der Waals surface area contributed by atoms with Gasteiger partial charge in [-0.1, -0.05) is 13.8 Å². The fraction of sp³-hybridized carbons (Fsp3) is 0.571. The number of nitrogens with one attached hydrogen (secondary N) is 2. The topological polar surface area (TPSA) is 78.4 Å². The Balaban J connectivity index is 1.87. The van der Waals surface area contributed by atoms with Gasteiger partial charge in [0.1, 0.15) is 5.00 Å². The zero-order chi connectivity index (χ0) is 14.8. The third kappa shape index (κ3) is 3.72. The minimum absolute atomic E-state index is 0.134. The number of carbonyl (C=O) groups excluding carboxylic acids is 1. The highest BCUT2D eigenvalue weighted by molar-refractivity contribution is 7.14. The zero-order valence-corrected chi connectivity index (χ0v) is 12.5. The van der Waals surface area contributed by atoms with Crippen LogP contribution in [0.1, 0.15) is 49.9 Å². The second kappa shape index (κ2) is 5.83. The number of thiophene rings is 1. The summed E-state index contributed by atoms with van der Waals surface area (Å²) >= 11 is 1.22. The van der Waals surface area contributed by atoms with E-state index in [1.807, 2.05) is 0 Å². The van der Waals surface area contributed by atoms with E-state index < -0.39 is 5.97 Å². The van der Waals surface area contributed by atoms with Crippen LogP contribution in [0.3, 0.4) is 0 Å². The lowest BCUT2D eigenvalue weighted by molar-refractivity contribution is 0.0698. The number of carboxylic acid groups (broad SMARTS) is 1. The summed E-state index contributed by atoms with van der Waals surface area (Å²) in [4.78, 5) is 22.9. The van der Waals surface area contributed by atoms with Crippen LogP contribution in [-0.4, -0.2) is 23.1 Å². The lowest BCUT2D eigenvalue weighted by atomic mass is 9.76. The molecule has 0 bridgehead atoms. The van der Waals surface area contributed by atoms with Crippen LogP contribution >= 0.6 is 11.3 Å². The van der Waals surface area contributed by atoms with Gasteiger partial charge in [0, 0.05) is 6.04 Å². The van der Waals surface area contributed by atoms with E-state index >= 15 is 0 Å². The molecule has 1 aromatic rings. The molecule has 0 saturated heterocycles. The second-order valence-corrected chi connectivity index (χ2v) is 6.92. The summed E-state index contributed by atoms with van der Waals surface area (Å²) in [6.45, 7) is 4.49. The number of urea groups is 1. The van der Waals surface area contributed by atoms with Crippen LogP contribution in [0.15, 0.2) is 11.4 Å². The first-order valence-electron chi connectivity index (χ1n) is 6.76. The first-order valence-corrected chi connectivity index (χ1v) is 7.64. The molecule has 1 aliphatic rings. The number of amides is 2. The second-order valence-electron chi connectivity index (χ2n) is 6.01. The third-order valence-corrected chi connectivity index (χ3v) is 4.63. The van der Waals surface area contributed by atoms with Gasteiger partial charge in [-0.25, -0.2) is 9.59 Å². The van der Waals surface area contributed by atoms with Gasteiger partial charge in [0.25, 0.3) is 0 Å². The lowest BCUT2D eigenvalue weighted by Crippen LogP contribution is -2.41. The summed E-state index contributed by atoms with van der Waals surface area (Å²) in [6, 6.07) is 1.35. The molecule has 1 fully saturated rings. The van der Waals surface area contributed by atoms with Gasteiger partial charge >= 0.3 is 12.0 Å². The Morgan fingerprint density at radius 3 is 2.60 bits per heavy atom. The highest BCUT2D eigenvalue weighted by Gasteiger charge is 2.27. The van der Waals surface area contributed by atoms with E-state index in [4.69, 9.17) is 5.11 Å². The van der Waals surface area contributed by atoms with Crippen molar-refractivity contribution in [3.05, 3.63) is 17.0 Å². The summed E-state index contributed by atoms with van der Waals surface area (Å²) in [7, 11) is 0. The van der Waals surface area contributed by atoms with Gasteiger partial charge in [0.15, 0.2) is 0 Å². The Morgan fingerprint density at radius 1 is 1.35 bits per heavy atom. The molecule has 2 rings (SSSR count). The van der Waals surface area contributed by atoms with E-state index in [1.165, 1.54) is 17.4 Å². The number of anilines is 1. The van der Waals surface area contributed by atoms with Crippen molar-refractivity contribution < 1.29 is 14.7 Å². The quantitative estimate of drug-likeness (QED) is 0.798. The zero-order valence-electron chi connectivity index (χ0n) is 11.7. The standard InChI is InChI=1S/C14H20N2O3S/c1-14(2)6-3-9(4-7-14)15-13(19)16-11-10(12(17)18)5-8-20-11/h5,8-9H,3-4,6-7H2,1-2H3,(H,17,18)(H2,15,16,19). The monoisotopic (exact) mass is 296 g/mol. The first-order chi connectivity index (χ1) is 9.37. The fourth-order valence-corrected chi connectivity index (χ4v) is 3.22. The van der Waals surface area contributed by atoms with E-state index in [1.54, 1.807) is 5.38 Å². The summed E-state index contributed by atoms with van der Waals surface area (Å²) < 4.78 is 0. The van der Waals surface area contributed by atoms with Crippen molar-refractivity contribution in [2.75, 3.05) is 5.32 Å². The van der Waals surface area contributed by atoms with Gasteiger partial charge in [0.05, 0.1) is 5.56 Å². The Kier molecular flexibility index (Phi) is 4.32. The highest BCUT2D eigenvalue weighted by atomic mass is 32.1. The number of aromatic carboxylic acids is 1. The van der Waals surface area contributed by atoms with Gasteiger partial charge in [-0.3, -0.25) is 5.32 Å². The maximum absolute atomic E-state index is 11.9. The average molecular weight is 296 g/mol. The van der Waals surface area contributed by atoms with E-state index in [0.29, 0.717) is 10.4 Å². The number of hydrogen-bond donors (Lipinski definition) is 3. The molecule has 0 aromatic carbocycles. The predicted octanol–water partition coefficient (Wildman–Crippen LogP) is 3.54. The van der Waals surface area contributed by atoms with Crippen LogP contribution in [0, 0.1) is 5.41 Å². The van der Waals surface area contributed by atoms with Crippen molar-refractivity contribution in [3.63, 3.8) is 0 Å². The SMILES string of the molecule is CC1(C)CCC(NC(=O)Nc2sccc2C(=O)O)CC1. The average Bonchev–Trinajstić information content (AvgIpc) is 2.80. The van der Waals surface area contributed by atoms with Crippen LogP contribution < -0.4 is 10.6 Å². The molecule has 1 heterocycles. The molecule has 1 aromatic heterocycles. The van der Waals surface area contributed by atoms with Crippen molar-refractivity contribution >= 4 is 28.3 Å². The Hall–Kier alpha value is -1.56. The van der Waals surface area contributed by atoms with Crippen LogP contribution in [0.5, 0.6) is 0 Å². The summed E-state index contributed by atoms with van der Waals surface area (Å²) in [5, 5.41) is 16.6. The number of carboxylic acids is 1. The van der Waals surface area contributed by atoms with Crippen LogP contribution in [0.2, 0.25) is 0 Å². The van der Waals surface area contributed by atoms with Crippen molar-refractivity contribution in [1.29, 1.82) is 0 Å². The van der Waals surface area contributed by atoms with Crippen LogP contribution in [0.4, 0.5) is 9.80 Å². The molecular weight excluding hydrogens is 276 g/mol. The first kappa shape index (κ1) is 14.8. The number of carbonyl (C=O) groups is 2. The van der Waals surface area contributed by atoms with E-state index in [0.717, 1.165) is 25.7 Å². The summed E-state index contributed by atoms with van der Waals surface area (Å²) in [6.07, 6.45) is 4.13. The number of hydrogen-bond acceptors (Lipinski definition) is 3. The lowest BCUT2D eigenvalue weighted by Gasteiger charge is -2.34. The molecule has 0 unspecified atom stereocenters. The molecule has 0 radical (unpaired) electrons. The molecule has 20 heavy (non-hydrogen) atoms. The van der Waals surface area contributed by atoms with Gasteiger partial charge in [-0.2, -0.15) is 0 Å². The number of rotatable bonds is 3. The Morgan fingerprint density at radius 2 is 2.00 bits per heavy atom. The maximum atomic E-state index is 11.9. The highest BCUT2D eigenvalue weighted by Crippen LogP contribution is 2.35. The van der Waals surface area contributed by atoms with Gasteiger partial charge in [0.2, 0.25) is 0 Å². The molecular formula is C14H20N2O3S. The normalized spacial score (nSPS) is 18.5. The fourth-order valence-electron chi connectivity index (χ4n) is 2.44. The molecule has 0 aliphatic heterocycles. The summed E-state index contributed by atoms with van der Waals surface area (Å²) in [5.74, 6) is -1.03. The van der Waals surface area contributed by atoms with Crippen LogP contribution in [-0.2, 0) is 0 Å².